The number of benzene rings is 1. The highest BCUT2D eigenvalue weighted by atomic mass is 15.2. The van der Waals surface area contributed by atoms with E-state index in [0.717, 1.165) is 25.2 Å². The summed E-state index contributed by atoms with van der Waals surface area (Å²) in [5.41, 5.74) is 5.28. The van der Waals surface area contributed by atoms with Gasteiger partial charge in [-0.25, -0.2) is 0 Å². The molecule has 2 aromatic rings. The van der Waals surface area contributed by atoms with Crippen LogP contribution in [0.25, 0.3) is 0 Å². The van der Waals surface area contributed by atoms with Crippen molar-refractivity contribution in [1.82, 2.24) is 15.1 Å². The highest BCUT2D eigenvalue weighted by Crippen LogP contribution is 2.12. The zero-order valence-electron chi connectivity index (χ0n) is 11.4. The van der Waals surface area contributed by atoms with Crippen molar-refractivity contribution in [2.45, 2.75) is 26.8 Å². The Bertz CT molecular complexity index is 514. The summed E-state index contributed by atoms with van der Waals surface area (Å²) in [4.78, 5) is 0. The lowest BCUT2D eigenvalue weighted by Gasteiger charge is -2.09. The molecule has 0 bridgehead atoms. The summed E-state index contributed by atoms with van der Waals surface area (Å²) >= 11 is 0. The van der Waals surface area contributed by atoms with Crippen LogP contribution in [0.4, 0.5) is 0 Å². The SMILES string of the molecule is Cc1cccc(CNCCc2ccn(C)n2)c1C. The Kier molecular flexibility index (Phi) is 4.15. The number of aromatic nitrogens is 2. The maximum Gasteiger partial charge on any atom is 0.0637 e. The van der Waals surface area contributed by atoms with Gasteiger partial charge in [-0.2, -0.15) is 5.10 Å². The Morgan fingerprint density at radius 1 is 1.22 bits per heavy atom. The molecule has 1 aromatic carbocycles. The Hall–Kier alpha value is -1.61. The zero-order chi connectivity index (χ0) is 13.0. The Labute approximate surface area is 109 Å². The van der Waals surface area contributed by atoms with Crippen LogP contribution in [-0.2, 0) is 20.0 Å². The van der Waals surface area contributed by atoms with E-state index in [9.17, 15) is 0 Å². The summed E-state index contributed by atoms with van der Waals surface area (Å²) in [5, 5.41) is 7.84. The quantitative estimate of drug-likeness (QED) is 0.817. The van der Waals surface area contributed by atoms with Crippen LogP contribution in [0.15, 0.2) is 30.5 Å². The molecule has 0 aliphatic rings. The van der Waals surface area contributed by atoms with Crippen LogP contribution in [0, 0.1) is 13.8 Å². The molecule has 1 heterocycles. The average Bonchev–Trinajstić information content (AvgIpc) is 2.76. The lowest BCUT2D eigenvalue weighted by Crippen LogP contribution is -2.17. The van der Waals surface area contributed by atoms with Crippen LogP contribution in [0.1, 0.15) is 22.4 Å². The second kappa shape index (κ2) is 5.83. The summed E-state index contributed by atoms with van der Waals surface area (Å²) in [7, 11) is 1.95. The monoisotopic (exact) mass is 243 g/mol. The van der Waals surface area contributed by atoms with Crippen molar-refractivity contribution in [3.63, 3.8) is 0 Å². The number of hydrogen-bond acceptors (Lipinski definition) is 2. The van der Waals surface area contributed by atoms with E-state index in [1.165, 1.54) is 16.7 Å². The van der Waals surface area contributed by atoms with E-state index < -0.39 is 0 Å². The molecule has 96 valence electrons. The maximum atomic E-state index is 4.36. The molecule has 0 atom stereocenters. The summed E-state index contributed by atoms with van der Waals surface area (Å²) in [6, 6.07) is 8.54. The van der Waals surface area contributed by atoms with E-state index in [1.807, 2.05) is 17.9 Å². The molecule has 0 amide bonds. The Balaban J connectivity index is 1.80. The van der Waals surface area contributed by atoms with Crippen molar-refractivity contribution in [1.29, 1.82) is 0 Å². The van der Waals surface area contributed by atoms with Gasteiger partial charge in [0.15, 0.2) is 0 Å². The third-order valence-electron chi connectivity index (χ3n) is 3.36. The zero-order valence-corrected chi connectivity index (χ0v) is 11.4. The highest BCUT2D eigenvalue weighted by Gasteiger charge is 2.00. The van der Waals surface area contributed by atoms with Gasteiger partial charge in [-0.3, -0.25) is 4.68 Å². The molecule has 0 unspecified atom stereocenters. The van der Waals surface area contributed by atoms with E-state index in [2.05, 4.69) is 48.5 Å². The first-order valence-corrected chi connectivity index (χ1v) is 6.41. The number of nitrogens with zero attached hydrogens (tertiary/aromatic N) is 2. The predicted octanol–water partition coefficient (Wildman–Crippen LogP) is 2.37. The van der Waals surface area contributed by atoms with Crippen molar-refractivity contribution in [3.8, 4) is 0 Å². The van der Waals surface area contributed by atoms with Crippen LogP contribution in [0.5, 0.6) is 0 Å². The largest absolute Gasteiger partial charge is 0.312 e. The third-order valence-corrected chi connectivity index (χ3v) is 3.36. The normalized spacial score (nSPS) is 10.8. The first kappa shape index (κ1) is 12.8. The minimum Gasteiger partial charge on any atom is -0.312 e. The van der Waals surface area contributed by atoms with Gasteiger partial charge in [-0.05, 0) is 36.6 Å². The van der Waals surface area contributed by atoms with Crippen LogP contribution >= 0.6 is 0 Å². The van der Waals surface area contributed by atoms with E-state index in [4.69, 9.17) is 0 Å². The lowest BCUT2D eigenvalue weighted by atomic mass is 10.0. The van der Waals surface area contributed by atoms with Crippen LogP contribution < -0.4 is 5.32 Å². The van der Waals surface area contributed by atoms with E-state index in [1.54, 1.807) is 0 Å². The van der Waals surface area contributed by atoms with Gasteiger partial charge >= 0.3 is 0 Å². The van der Waals surface area contributed by atoms with Gasteiger partial charge in [-0.1, -0.05) is 18.2 Å². The molecule has 2 rings (SSSR count). The third kappa shape index (κ3) is 3.20. The van der Waals surface area contributed by atoms with Crippen molar-refractivity contribution in [2.75, 3.05) is 6.54 Å². The second-order valence-electron chi connectivity index (χ2n) is 4.77. The van der Waals surface area contributed by atoms with Gasteiger partial charge < -0.3 is 5.32 Å². The van der Waals surface area contributed by atoms with Crippen molar-refractivity contribution in [2.24, 2.45) is 7.05 Å². The number of nitrogens with one attached hydrogen (secondary N) is 1. The molecule has 0 spiro atoms. The fraction of sp³-hybridized carbons (Fsp3) is 0.400. The van der Waals surface area contributed by atoms with E-state index in [-0.39, 0.29) is 0 Å². The molecule has 0 saturated heterocycles. The first-order valence-electron chi connectivity index (χ1n) is 6.41. The van der Waals surface area contributed by atoms with E-state index >= 15 is 0 Å². The average molecular weight is 243 g/mol. The molecule has 0 saturated carbocycles. The molecule has 18 heavy (non-hydrogen) atoms. The van der Waals surface area contributed by atoms with Crippen LogP contribution in [-0.4, -0.2) is 16.3 Å². The number of aryl methyl sites for hydroxylation is 2. The van der Waals surface area contributed by atoms with Crippen molar-refractivity contribution < 1.29 is 0 Å². The topological polar surface area (TPSA) is 29.9 Å². The Morgan fingerprint density at radius 3 is 2.78 bits per heavy atom. The molecule has 1 N–H and O–H groups in total. The first-order chi connectivity index (χ1) is 8.66. The molecule has 3 nitrogen and oxygen atoms in total. The van der Waals surface area contributed by atoms with Gasteiger partial charge in [0.25, 0.3) is 0 Å². The smallest absolute Gasteiger partial charge is 0.0637 e. The standard InChI is InChI=1S/C15H21N3/c1-12-5-4-6-14(13(12)2)11-16-9-7-15-8-10-18(3)17-15/h4-6,8,10,16H,7,9,11H2,1-3H3. The van der Waals surface area contributed by atoms with Gasteiger partial charge in [0, 0.05) is 32.8 Å². The molecule has 0 aliphatic heterocycles. The predicted molar refractivity (Wildman–Crippen MR) is 74.5 cm³/mol. The summed E-state index contributed by atoms with van der Waals surface area (Å²) < 4.78 is 1.85. The van der Waals surface area contributed by atoms with Crippen LogP contribution in [0.3, 0.4) is 0 Å². The summed E-state index contributed by atoms with van der Waals surface area (Å²) in [5.74, 6) is 0. The van der Waals surface area contributed by atoms with Gasteiger partial charge in [0.1, 0.15) is 0 Å². The lowest BCUT2D eigenvalue weighted by molar-refractivity contribution is 0.663. The number of rotatable bonds is 5. The fourth-order valence-electron chi connectivity index (χ4n) is 2.04. The number of hydrogen-bond donors (Lipinski definition) is 1. The van der Waals surface area contributed by atoms with Gasteiger partial charge in [0.2, 0.25) is 0 Å². The van der Waals surface area contributed by atoms with Crippen molar-refractivity contribution >= 4 is 0 Å². The van der Waals surface area contributed by atoms with Crippen LogP contribution in [0.2, 0.25) is 0 Å². The minimum atomic E-state index is 0.931. The summed E-state index contributed by atoms with van der Waals surface area (Å²) in [6.45, 7) is 6.24. The Morgan fingerprint density at radius 2 is 2.06 bits per heavy atom. The van der Waals surface area contributed by atoms with Gasteiger partial charge in [-0.15, -0.1) is 0 Å². The van der Waals surface area contributed by atoms with Crippen molar-refractivity contribution in [3.05, 3.63) is 52.8 Å². The molecule has 0 radical (unpaired) electrons. The minimum absolute atomic E-state index is 0.931. The van der Waals surface area contributed by atoms with E-state index in [0.29, 0.717) is 0 Å². The van der Waals surface area contributed by atoms with Gasteiger partial charge in [0.05, 0.1) is 5.69 Å². The molecular weight excluding hydrogens is 222 g/mol. The highest BCUT2D eigenvalue weighted by molar-refractivity contribution is 5.32. The molecule has 0 aliphatic carbocycles. The molecule has 0 fully saturated rings. The maximum absolute atomic E-state index is 4.36. The molecular formula is C15H21N3. The molecule has 3 heteroatoms. The fourth-order valence-corrected chi connectivity index (χ4v) is 2.04. The summed E-state index contributed by atoms with van der Waals surface area (Å²) in [6.07, 6.45) is 2.96. The molecule has 1 aromatic heterocycles. The second-order valence-corrected chi connectivity index (χ2v) is 4.77.